The van der Waals surface area contributed by atoms with Gasteiger partial charge in [-0.25, -0.2) is 10.2 Å². The molecule has 166 valence electrons. The van der Waals surface area contributed by atoms with E-state index in [1.165, 1.54) is 11.1 Å². The van der Waals surface area contributed by atoms with Crippen LogP contribution < -0.4 is 10.7 Å². The Labute approximate surface area is 180 Å². The van der Waals surface area contributed by atoms with E-state index in [9.17, 15) is 9.59 Å². The zero-order valence-corrected chi connectivity index (χ0v) is 18.6. The van der Waals surface area contributed by atoms with Crippen molar-refractivity contribution in [3.63, 3.8) is 0 Å². The standard InChI is InChI=1S/C24H37N3O3/c1-4-18(3)22(7-5-6-19-10-8-17(2)9-11-19)26-27-24(30)25-16-20-12-14-21(15-13-20)23(28)29/h8-11,18,20-21H,4-7,12-16H2,1-3H3,(H,28,29)(H2,25,27,30)/b26-22-/t18-,20?,21?/m0/s1. The number of hydrazone groups is 1. The van der Waals surface area contributed by atoms with Gasteiger partial charge in [0.25, 0.3) is 0 Å². The molecule has 6 nitrogen and oxygen atoms in total. The molecule has 0 aromatic heterocycles. The van der Waals surface area contributed by atoms with Gasteiger partial charge in [0.05, 0.1) is 5.92 Å². The second-order valence-electron chi connectivity index (χ2n) is 8.63. The van der Waals surface area contributed by atoms with Gasteiger partial charge in [0.15, 0.2) is 0 Å². The third kappa shape index (κ3) is 8.17. The van der Waals surface area contributed by atoms with Crippen molar-refractivity contribution in [3.8, 4) is 0 Å². The fourth-order valence-electron chi connectivity index (χ4n) is 3.89. The molecule has 1 aromatic rings. The highest BCUT2D eigenvalue weighted by Gasteiger charge is 2.25. The minimum Gasteiger partial charge on any atom is -0.481 e. The van der Waals surface area contributed by atoms with Gasteiger partial charge in [0, 0.05) is 12.3 Å². The van der Waals surface area contributed by atoms with Gasteiger partial charge in [-0.2, -0.15) is 5.10 Å². The van der Waals surface area contributed by atoms with Crippen molar-refractivity contribution in [2.75, 3.05) is 6.54 Å². The van der Waals surface area contributed by atoms with Gasteiger partial charge in [-0.1, -0.05) is 43.7 Å². The number of rotatable bonds is 10. The van der Waals surface area contributed by atoms with Crippen LogP contribution in [0.3, 0.4) is 0 Å². The molecule has 0 unspecified atom stereocenters. The predicted molar refractivity (Wildman–Crippen MR) is 121 cm³/mol. The molecule has 1 fully saturated rings. The Morgan fingerprint density at radius 2 is 1.83 bits per heavy atom. The van der Waals surface area contributed by atoms with Crippen LogP contribution >= 0.6 is 0 Å². The van der Waals surface area contributed by atoms with Crippen LogP contribution in [0.5, 0.6) is 0 Å². The van der Waals surface area contributed by atoms with Crippen LogP contribution in [0.2, 0.25) is 0 Å². The molecule has 6 heteroatoms. The number of carboxylic acid groups (broad SMARTS) is 1. The van der Waals surface area contributed by atoms with E-state index >= 15 is 0 Å². The summed E-state index contributed by atoms with van der Waals surface area (Å²) in [4.78, 5) is 23.2. The molecule has 30 heavy (non-hydrogen) atoms. The average molecular weight is 416 g/mol. The highest BCUT2D eigenvalue weighted by atomic mass is 16.4. The van der Waals surface area contributed by atoms with Crippen molar-refractivity contribution < 1.29 is 14.7 Å². The van der Waals surface area contributed by atoms with E-state index < -0.39 is 5.97 Å². The molecule has 3 N–H and O–H groups in total. The maximum atomic E-state index is 12.2. The first-order valence-corrected chi connectivity index (χ1v) is 11.3. The van der Waals surface area contributed by atoms with E-state index in [-0.39, 0.29) is 11.9 Å². The first-order valence-electron chi connectivity index (χ1n) is 11.3. The summed E-state index contributed by atoms with van der Waals surface area (Å²) in [7, 11) is 0. The summed E-state index contributed by atoms with van der Waals surface area (Å²) in [6.45, 7) is 6.94. The number of aryl methyl sites for hydroxylation is 2. The number of aliphatic carboxylic acids is 1. The largest absolute Gasteiger partial charge is 0.481 e. The molecule has 0 aliphatic heterocycles. The number of carbonyl (C=O) groups is 2. The van der Waals surface area contributed by atoms with Crippen molar-refractivity contribution in [2.24, 2.45) is 22.9 Å². The van der Waals surface area contributed by atoms with Gasteiger partial charge in [-0.3, -0.25) is 4.79 Å². The Morgan fingerprint density at radius 3 is 2.43 bits per heavy atom. The molecule has 0 spiro atoms. The van der Waals surface area contributed by atoms with E-state index in [0.29, 0.717) is 31.2 Å². The van der Waals surface area contributed by atoms with Crippen LogP contribution in [0.15, 0.2) is 29.4 Å². The van der Waals surface area contributed by atoms with Crippen LogP contribution in [-0.2, 0) is 11.2 Å². The van der Waals surface area contributed by atoms with Crippen molar-refractivity contribution in [2.45, 2.75) is 72.1 Å². The lowest BCUT2D eigenvalue weighted by Crippen LogP contribution is -2.37. The number of amides is 2. The Morgan fingerprint density at radius 1 is 1.17 bits per heavy atom. The monoisotopic (exact) mass is 415 g/mol. The highest BCUT2D eigenvalue weighted by Crippen LogP contribution is 2.28. The van der Waals surface area contributed by atoms with Crippen molar-refractivity contribution in [1.82, 2.24) is 10.7 Å². The third-order valence-corrected chi connectivity index (χ3v) is 6.25. The quantitative estimate of drug-likeness (QED) is 0.374. The van der Waals surface area contributed by atoms with Gasteiger partial charge in [-0.15, -0.1) is 0 Å². The van der Waals surface area contributed by atoms with E-state index in [2.05, 4.69) is 60.9 Å². The summed E-state index contributed by atoms with van der Waals surface area (Å²) in [5.41, 5.74) is 6.29. The summed E-state index contributed by atoms with van der Waals surface area (Å²) in [6, 6.07) is 8.34. The minimum atomic E-state index is -0.701. The second kappa shape index (κ2) is 12.4. The van der Waals surface area contributed by atoms with Gasteiger partial charge in [-0.05, 0) is 75.7 Å². The minimum absolute atomic E-state index is 0.224. The Bertz CT molecular complexity index is 707. The molecule has 1 aliphatic rings. The van der Waals surface area contributed by atoms with Crippen LogP contribution in [0.4, 0.5) is 4.79 Å². The molecule has 0 saturated heterocycles. The summed E-state index contributed by atoms with van der Waals surface area (Å²) in [5.74, 6) is -0.250. The summed E-state index contributed by atoms with van der Waals surface area (Å²) in [5, 5.41) is 16.4. The average Bonchev–Trinajstić information content (AvgIpc) is 2.75. The van der Waals surface area contributed by atoms with Crippen LogP contribution in [0.25, 0.3) is 0 Å². The molecule has 1 saturated carbocycles. The first kappa shape index (κ1) is 23.9. The Kier molecular flexibility index (Phi) is 9.84. The topological polar surface area (TPSA) is 90.8 Å². The van der Waals surface area contributed by atoms with Crippen molar-refractivity contribution in [1.29, 1.82) is 0 Å². The summed E-state index contributed by atoms with van der Waals surface area (Å²) in [6.07, 6.45) is 6.93. The number of hydrogen-bond donors (Lipinski definition) is 3. The maximum absolute atomic E-state index is 12.2. The van der Waals surface area contributed by atoms with Crippen molar-refractivity contribution >= 4 is 17.7 Å². The molecular formula is C24H37N3O3. The van der Waals surface area contributed by atoms with Gasteiger partial charge in [0.1, 0.15) is 0 Å². The fraction of sp³-hybridized carbons (Fsp3) is 0.625. The fourth-order valence-corrected chi connectivity index (χ4v) is 3.89. The zero-order chi connectivity index (χ0) is 21.9. The lowest BCUT2D eigenvalue weighted by molar-refractivity contribution is -0.143. The number of hydrogen-bond acceptors (Lipinski definition) is 3. The summed E-state index contributed by atoms with van der Waals surface area (Å²) >= 11 is 0. The molecule has 1 aromatic carbocycles. The van der Waals surface area contributed by atoms with E-state index in [4.69, 9.17) is 5.11 Å². The molecule has 1 atom stereocenters. The normalized spacial score (nSPS) is 20.4. The van der Waals surface area contributed by atoms with Gasteiger partial charge in [0.2, 0.25) is 0 Å². The number of benzene rings is 1. The van der Waals surface area contributed by atoms with Crippen molar-refractivity contribution in [3.05, 3.63) is 35.4 Å². The lowest BCUT2D eigenvalue weighted by atomic mass is 9.82. The second-order valence-corrected chi connectivity index (χ2v) is 8.63. The molecule has 1 aliphatic carbocycles. The predicted octanol–water partition coefficient (Wildman–Crippen LogP) is 4.91. The van der Waals surface area contributed by atoms with Crippen LogP contribution in [0.1, 0.15) is 69.9 Å². The maximum Gasteiger partial charge on any atom is 0.335 e. The number of nitrogens with zero attached hydrogens (tertiary/aromatic N) is 1. The number of carbonyl (C=O) groups excluding carboxylic acids is 1. The molecule has 0 radical (unpaired) electrons. The first-order chi connectivity index (χ1) is 14.4. The Hall–Kier alpha value is -2.37. The number of carboxylic acids is 1. The highest BCUT2D eigenvalue weighted by molar-refractivity contribution is 5.87. The molecule has 2 rings (SSSR count). The molecule has 0 heterocycles. The molecule has 2 amide bonds. The van der Waals surface area contributed by atoms with E-state index in [0.717, 1.165) is 44.2 Å². The van der Waals surface area contributed by atoms with Gasteiger partial charge >= 0.3 is 12.0 Å². The smallest absolute Gasteiger partial charge is 0.335 e. The zero-order valence-electron chi connectivity index (χ0n) is 18.6. The lowest BCUT2D eigenvalue weighted by Gasteiger charge is -2.26. The van der Waals surface area contributed by atoms with Crippen LogP contribution in [0, 0.1) is 24.7 Å². The van der Waals surface area contributed by atoms with Crippen LogP contribution in [-0.4, -0.2) is 29.4 Å². The Balaban J connectivity index is 1.75. The van der Waals surface area contributed by atoms with E-state index in [1.54, 1.807) is 0 Å². The number of nitrogens with one attached hydrogen (secondary N) is 2. The molecular weight excluding hydrogens is 378 g/mol. The summed E-state index contributed by atoms with van der Waals surface area (Å²) < 4.78 is 0. The molecule has 0 bridgehead atoms. The third-order valence-electron chi connectivity index (χ3n) is 6.25. The van der Waals surface area contributed by atoms with Gasteiger partial charge < -0.3 is 10.4 Å². The number of urea groups is 1. The van der Waals surface area contributed by atoms with E-state index in [1.807, 2.05) is 0 Å². The SMILES string of the molecule is CC[C@H](C)/C(CCCc1ccc(C)cc1)=N\NC(=O)NCC1CCC(C(=O)O)CC1.